The van der Waals surface area contributed by atoms with Crippen LogP contribution in [0.5, 0.6) is 5.75 Å². The molecule has 102 valence electrons. The highest BCUT2D eigenvalue weighted by molar-refractivity contribution is 5.67. The molecule has 0 radical (unpaired) electrons. The Balaban J connectivity index is 1.80. The van der Waals surface area contributed by atoms with Crippen LogP contribution in [0.3, 0.4) is 0 Å². The van der Waals surface area contributed by atoms with Crippen LogP contribution >= 0.6 is 0 Å². The Bertz CT molecular complexity index is 619. The van der Waals surface area contributed by atoms with E-state index in [4.69, 9.17) is 4.74 Å². The molecule has 3 rings (SSSR count). The van der Waals surface area contributed by atoms with Gasteiger partial charge in [0.25, 0.3) is 0 Å². The van der Waals surface area contributed by atoms with Gasteiger partial charge in [-0.25, -0.2) is 4.99 Å². The van der Waals surface area contributed by atoms with E-state index in [1.165, 1.54) is 11.1 Å². The van der Waals surface area contributed by atoms with Crippen molar-refractivity contribution in [3.8, 4) is 5.75 Å². The lowest BCUT2D eigenvalue weighted by atomic mass is 10.0. The van der Waals surface area contributed by atoms with E-state index in [1.54, 1.807) is 7.11 Å². The highest BCUT2D eigenvalue weighted by atomic mass is 16.5. The number of fused-ring (bicyclic) bond motifs is 1. The molecule has 0 aromatic heterocycles. The lowest BCUT2D eigenvalue weighted by molar-refractivity contribution is 0.335. The Morgan fingerprint density at radius 3 is 2.60 bits per heavy atom. The number of para-hydroxylation sites is 1. The van der Waals surface area contributed by atoms with Crippen LogP contribution in [0.15, 0.2) is 53.5 Å². The predicted molar refractivity (Wildman–Crippen MR) is 81.5 cm³/mol. The number of benzene rings is 2. The standard InChI is InChI=1S/C17H18N2O/c1-13(14-7-9-16(20-2)10-8-14)19-11-15-5-3-4-6-17(15)18-12-19/h3-10,12-13H,11H2,1-2H3. The second-order valence-electron chi connectivity index (χ2n) is 4.99. The fourth-order valence-corrected chi connectivity index (χ4v) is 2.46. The third-order valence-electron chi connectivity index (χ3n) is 3.79. The van der Waals surface area contributed by atoms with Crippen molar-refractivity contribution in [2.75, 3.05) is 7.11 Å². The molecule has 0 aliphatic carbocycles. The van der Waals surface area contributed by atoms with Crippen LogP contribution in [-0.4, -0.2) is 18.3 Å². The van der Waals surface area contributed by atoms with Gasteiger partial charge in [-0.3, -0.25) is 0 Å². The van der Waals surface area contributed by atoms with Crippen LogP contribution in [0.4, 0.5) is 5.69 Å². The zero-order chi connectivity index (χ0) is 13.9. The van der Waals surface area contributed by atoms with E-state index in [0.717, 1.165) is 18.0 Å². The van der Waals surface area contributed by atoms with Gasteiger partial charge in [0.2, 0.25) is 0 Å². The smallest absolute Gasteiger partial charge is 0.118 e. The van der Waals surface area contributed by atoms with Crippen LogP contribution in [0, 0.1) is 0 Å². The Labute approximate surface area is 119 Å². The Morgan fingerprint density at radius 2 is 1.85 bits per heavy atom. The molecule has 0 saturated heterocycles. The SMILES string of the molecule is COc1ccc(C(C)N2C=Nc3ccccc3C2)cc1. The summed E-state index contributed by atoms with van der Waals surface area (Å²) < 4.78 is 5.20. The number of rotatable bonds is 3. The number of methoxy groups -OCH3 is 1. The molecule has 1 aliphatic heterocycles. The van der Waals surface area contributed by atoms with Gasteiger partial charge >= 0.3 is 0 Å². The first-order valence-electron chi connectivity index (χ1n) is 6.80. The Morgan fingerprint density at radius 1 is 1.10 bits per heavy atom. The molecular weight excluding hydrogens is 248 g/mol. The molecule has 0 bridgehead atoms. The number of ether oxygens (including phenoxy) is 1. The third kappa shape index (κ3) is 2.39. The van der Waals surface area contributed by atoms with E-state index in [-0.39, 0.29) is 6.04 Å². The zero-order valence-electron chi connectivity index (χ0n) is 11.8. The van der Waals surface area contributed by atoms with E-state index in [1.807, 2.05) is 24.5 Å². The lowest BCUT2D eigenvalue weighted by Gasteiger charge is -2.30. The fraction of sp³-hybridized carbons (Fsp3) is 0.235. The minimum Gasteiger partial charge on any atom is -0.497 e. The van der Waals surface area contributed by atoms with E-state index < -0.39 is 0 Å². The molecule has 2 aromatic carbocycles. The van der Waals surface area contributed by atoms with Crippen molar-refractivity contribution in [2.24, 2.45) is 4.99 Å². The Kier molecular flexibility index (Phi) is 3.42. The summed E-state index contributed by atoms with van der Waals surface area (Å²) in [5.74, 6) is 0.888. The van der Waals surface area contributed by atoms with Crippen LogP contribution in [0.1, 0.15) is 24.1 Å². The maximum atomic E-state index is 5.20. The summed E-state index contributed by atoms with van der Waals surface area (Å²) >= 11 is 0. The summed E-state index contributed by atoms with van der Waals surface area (Å²) in [6, 6.07) is 16.8. The first-order valence-corrected chi connectivity index (χ1v) is 6.80. The van der Waals surface area contributed by atoms with Gasteiger partial charge in [0.05, 0.1) is 25.2 Å². The lowest BCUT2D eigenvalue weighted by Crippen LogP contribution is -2.27. The average molecular weight is 266 g/mol. The van der Waals surface area contributed by atoms with E-state index in [2.05, 4.69) is 47.1 Å². The van der Waals surface area contributed by atoms with E-state index >= 15 is 0 Å². The topological polar surface area (TPSA) is 24.8 Å². The molecule has 1 aliphatic rings. The van der Waals surface area contributed by atoms with Gasteiger partial charge < -0.3 is 9.64 Å². The molecule has 3 heteroatoms. The molecular formula is C17H18N2O. The molecule has 1 unspecified atom stereocenters. The second kappa shape index (κ2) is 5.37. The van der Waals surface area contributed by atoms with Crippen LogP contribution in [-0.2, 0) is 6.54 Å². The minimum atomic E-state index is 0.290. The quantitative estimate of drug-likeness (QED) is 0.840. The summed E-state index contributed by atoms with van der Waals surface area (Å²) in [6.07, 6.45) is 1.94. The molecule has 0 amide bonds. The average Bonchev–Trinajstić information content (AvgIpc) is 2.54. The highest BCUT2D eigenvalue weighted by Gasteiger charge is 2.17. The maximum absolute atomic E-state index is 5.20. The van der Waals surface area contributed by atoms with Gasteiger partial charge in [0, 0.05) is 6.54 Å². The minimum absolute atomic E-state index is 0.290. The molecule has 0 saturated carbocycles. The van der Waals surface area contributed by atoms with Gasteiger partial charge in [-0.15, -0.1) is 0 Å². The number of aliphatic imine (C=N–C) groups is 1. The van der Waals surface area contributed by atoms with Crippen LogP contribution in [0.2, 0.25) is 0 Å². The summed E-state index contributed by atoms with van der Waals surface area (Å²) in [4.78, 5) is 6.79. The van der Waals surface area contributed by atoms with E-state index in [9.17, 15) is 0 Å². The summed E-state index contributed by atoms with van der Waals surface area (Å²) in [5, 5.41) is 0. The van der Waals surface area contributed by atoms with Crippen molar-refractivity contribution in [2.45, 2.75) is 19.5 Å². The van der Waals surface area contributed by atoms with Gasteiger partial charge in [-0.2, -0.15) is 0 Å². The summed E-state index contributed by atoms with van der Waals surface area (Å²) in [5.41, 5.74) is 3.61. The first-order chi connectivity index (χ1) is 9.78. The molecule has 3 nitrogen and oxygen atoms in total. The van der Waals surface area contributed by atoms with Crippen LogP contribution < -0.4 is 4.74 Å². The molecule has 0 fully saturated rings. The van der Waals surface area contributed by atoms with Crippen LogP contribution in [0.25, 0.3) is 0 Å². The number of hydrogen-bond donors (Lipinski definition) is 0. The third-order valence-corrected chi connectivity index (χ3v) is 3.79. The van der Waals surface area contributed by atoms with Crippen molar-refractivity contribution >= 4 is 12.0 Å². The highest BCUT2D eigenvalue weighted by Crippen LogP contribution is 2.29. The van der Waals surface area contributed by atoms with Gasteiger partial charge in [0.1, 0.15) is 5.75 Å². The van der Waals surface area contributed by atoms with Gasteiger partial charge in [-0.05, 0) is 36.2 Å². The normalized spacial score (nSPS) is 14.8. The van der Waals surface area contributed by atoms with Crippen molar-refractivity contribution in [3.05, 3.63) is 59.7 Å². The molecule has 2 aromatic rings. The molecule has 0 N–H and O–H groups in total. The zero-order valence-corrected chi connectivity index (χ0v) is 11.8. The number of hydrogen-bond acceptors (Lipinski definition) is 3. The van der Waals surface area contributed by atoms with Crippen molar-refractivity contribution in [1.82, 2.24) is 4.90 Å². The van der Waals surface area contributed by atoms with Gasteiger partial charge in [0.15, 0.2) is 0 Å². The van der Waals surface area contributed by atoms with Crippen molar-refractivity contribution in [3.63, 3.8) is 0 Å². The maximum Gasteiger partial charge on any atom is 0.118 e. The number of nitrogens with zero attached hydrogens (tertiary/aromatic N) is 2. The van der Waals surface area contributed by atoms with E-state index in [0.29, 0.717) is 0 Å². The first kappa shape index (κ1) is 12.7. The molecule has 1 atom stereocenters. The Hall–Kier alpha value is -2.29. The summed E-state index contributed by atoms with van der Waals surface area (Å²) in [7, 11) is 1.69. The molecule has 20 heavy (non-hydrogen) atoms. The molecule has 0 spiro atoms. The fourth-order valence-electron chi connectivity index (χ4n) is 2.46. The second-order valence-corrected chi connectivity index (χ2v) is 4.99. The van der Waals surface area contributed by atoms with Crippen molar-refractivity contribution < 1.29 is 4.74 Å². The predicted octanol–water partition coefficient (Wildman–Crippen LogP) is 3.93. The van der Waals surface area contributed by atoms with Gasteiger partial charge in [-0.1, -0.05) is 30.3 Å². The largest absolute Gasteiger partial charge is 0.497 e. The summed E-state index contributed by atoms with van der Waals surface area (Å²) in [6.45, 7) is 3.09. The molecule has 1 heterocycles. The van der Waals surface area contributed by atoms with Crippen molar-refractivity contribution in [1.29, 1.82) is 0 Å². The monoisotopic (exact) mass is 266 g/mol.